The maximum absolute atomic E-state index is 12.8. The summed E-state index contributed by atoms with van der Waals surface area (Å²) < 4.78 is 78.2. The summed E-state index contributed by atoms with van der Waals surface area (Å²) in [4.78, 5) is 24.4. The number of thioether (sulfide) groups is 1. The number of carbonyl (C=O) groups excluding carboxylic acids is 2. The molecule has 0 saturated heterocycles. The van der Waals surface area contributed by atoms with E-state index in [0.717, 1.165) is 36.0 Å². The number of halogens is 6. The van der Waals surface area contributed by atoms with Crippen molar-refractivity contribution in [2.45, 2.75) is 23.9 Å². The maximum atomic E-state index is 12.8. The lowest BCUT2D eigenvalue weighted by Gasteiger charge is -2.10. The van der Waals surface area contributed by atoms with E-state index in [2.05, 4.69) is 20.8 Å². The summed E-state index contributed by atoms with van der Waals surface area (Å²) in [5.41, 5.74) is -1.86. The molecule has 3 aromatic rings. The summed E-state index contributed by atoms with van der Waals surface area (Å²) in [5, 5.41) is 12.7. The minimum absolute atomic E-state index is 0.0182. The molecule has 0 bridgehead atoms. The first-order valence-corrected chi connectivity index (χ1v) is 10.8. The van der Waals surface area contributed by atoms with Gasteiger partial charge in [-0.05, 0) is 36.4 Å². The average Bonchev–Trinajstić information content (AvgIpc) is 3.10. The van der Waals surface area contributed by atoms with Gasteiger partial charge in [0.15, 0.2) is 5.16 Å². The monoisotopic (exact) mass is 517 g/mol. The normalized spacial score (nSPS) is 11.9. The van der Waals surface area contributed by atoms with Gasteiger partial charge in [0.2, 0.25) is 11.8 Å². The van der Waals surface area contributed by atoms with E-state index in [0.29, 0.717) is 0 Å². The van der Waals surface area contributed by atoms with Gasteiger partial charge < -0.3 is 15.2 Å². The molecule has 3 rings (SSSR count). The second kappa shape index (κ2) is 10.4. The van der Waals surface area contributed by atoms with Crippen molar-refractivity contribution in [2.24, 2.45) is 7.05 Å². The van der Waals surface area contributed by atoms with Crippen molar-refractivity contribution in [2.75, 3.05) is 16.4 Å². The number of anilines is 2. The van der Waals surface area contributed by atoms with Crippen molar-refractivity contribution in [3.63, 3.8) is 0 Å². The minimum Gasteiger partial charge on any atom is -0.326 e. The van der Waals surface area contributed by atoms with Crippen LogP contribution in [0.2, 0.25) is 0 Å². The molecule has 2 N–H and O–H groups in total. The molecule has 0 fully saturated rings. The van der Waals surface area contributed by atoms with Gasteiger partial charge in [0.25, 0.3) is 0 Å². The summed E-state index contributed by atoms with van der Waals surface area (Å²) in [5.74, 6) is -1.21. The van der Waals surface area contributed by atoms with Crippen molar-refractivity contribution < 1.29 is 35.9 Å². The molecule has 1 heterocycles. The molecule has 0 aliphatic rings. The molecule has 1 aromatic heterocycles. The first kappa shape index (κ1) is 26.1. The smallest absolute Gasteiger partial charge is 0.326 e. The molecule has 0 radical (unpaired) electrons. The van der Waals surface area contributed by atoms with Gasteiger partial charge in [-0.3, -0.25) is 9.59 Å². The molecular formula is C21H17F6N5O2S. The van der Waals surface area contributed by atoms with E-state index in [1.807, 2.05) is 0 Å². The highest BCUT2D eigenvalue weighted by molar-refractivity contribution is 7.99. The Kier molecular flexibility index (Phi) is 7.73. The van der Waals surface area contributed by atoms with Gasteiger partial charge in [0.05, 0.1) is 23.3 Å². The molecule has 2 aromatic carbocycles. The molecule has 7 nitrogen and oxygen atoms in total. The van der Waals surface area contributed by atoms with Crippen molar-refractivity contribution in [3.8, 4) is 0 Å². The van der Waals surface area contributed by atoms with E-state index >= 15 is 0 Å². The van der Waals surface area contributed by atoms with E-state index in [4.69, 9.17) is 0 Å². The number of carbonyl (C=O) groups is 2. The number of amides is 2. The van der Waals surface area contributed by atoms with Gasteiger partial charge in [-0.2, -0.15) is 26.3 Å². The van der Waals surface area contributed by atoms with Gasteiger partial charge >= 0.3 is 12.4 Å². The number of aromatic nitrogens is 3. The second-order valence-corrected chi connectivity index (χ2v) is 8.12. The van der Waals surface area contributed by atoms with Crippen LogP contribution < -0.4 is 10.6 Å². The van der Waals surface area contributed by atoms with Gasteiger partial charge in [-0.1, -0.05) is 23.9 Å². The lowest BCUT2D eigenvalue weighted by molar-refractivity contribution is -0.138. The van der Waals surface area contributed by atoms with Crippen LogP contribution in [0.3, 0.4) is 0 Å². The van der Waals surface area contributed by atoms with Gasteiger partial charge in [-0.15, -0.1) is 10.2 Å². The zero-order valence-electron chi connectivity index (χ0n) is 17.9. The molecule has 2 amide bonds. The highest BCUT2D eigenvalue weighted by Crippen LogP contribution is 2.31. The van der Waals surface area contributed by atoms with Gasteiger partial charge in [0, 0.05) is 18.4 Å². The molecular weight excluding hydrogens is 500 g/mol. The Labute approximate surface area is 198 Å². The molecule has 0 atom stereocenters. The molecule has 35 heavy (non-hydrogen) atoms. The van der Waals surface area contributed by atoms with Crippen LogP contribution in [-0.2, 0) is 35.4 Å². The molecule has 186 valence electrons. The summed E-state index contributed by atoms with van der Waals surface area (Å²) >= 11 is 0.939. The number of nitrogens with one attached hydrogen (secondary N) is 2. The van der Waals surface area contributed by atoms with Crippen LogP contribution in [0.1, 0.15) is 17.0 Å². The fraction of sp³-hybridized carbons (Fsp3) is 0.238. The Morgan fingerprint density at radius 2 is 1.37 bits per heavy atom. The fourth-order valence-corrected chi connectivity index (χ4v) is 3.58. The first-order chi connectivity index (χ1) is 16.3. The Hall–Kier alpha value is -3.55. The maximum Gasteiger partial charge on any atom is 0.416 e. The van der Waals surface area contributed by atoms with E-state index in [1.54, 1.807) is 0 Å². The number of rotatable bonds is 7. The Bertz CT molecular complexity index is 1230. The molecule has 0 saturated carbocycles. The van der Waals surface area contributed by atoms with Crippen molar-refractivity contribution in [3.05, 3.63) is 65.5 Å². The molecule has 0 aliphatic carbocycles. The highest BCUT2D eigenvalue weighted by atomic mass is 32.2. The third-order valence-corrected chi connectivity index (χ3v) is 5.54. The number of nitrogens with zero attached hydrogens (tertiary/aromatic N) is 3. The molecule has 14 heteroatoms. The van der Waals surface area contributed by atoms with E-state index in [-0.39, 0.29) is 34.5 Å². The summed E-state index contributed by atoms with van der Waals surface area (Å²) in [6, 6.07) is 8.35. The Morgan fingerprint density at radius 1 is 0.857 bits per heavy atom. The van der Waals surface area contributed by atoms with E-state index in [1.165, 1.54) is 35.9 Å². The van der Waals surface area contributed by atoms with Crippen LogP contribution in [-0.4, -0.2) is 32.3 Å². The fourth-order valence-electron chi connectivity index (χ4n) is 2.85. The van der Waals surface area contributed by atoms with Gasteiger partial charge in [0.1, 0.15) is 5.82 Å². The third kappa shape index (κ3) is 7.21. The molecule has 0 aliphatic heterocycles. The van der Waals surface area contributed by atoms with Gasteiger partial charge in [-0.25, -0.2) is 0 Å². The number of benzene rings is 2. The number of hydrogen-bond acceptors (Lipinski definition) is 5. The van der Waals surface area contributed by atoms with Crippen molar-refractivity contribution in [1.82, 2.24) is 14.8 Å². The lowest BCUT2D eigenvalue weighted by Crippen LogP contribution is -2.18. The van der Waals surface area contributed by atoms with Crippen LogP contribution in [0, 0.1) is 0 Å². The van der Waals surface area contributed by atoms with Crippen molar-refractivity contribution in [1.29, 1.82) is 0 Å². The first-order valence-electron chi connectivity index (χ1n) is 9.78. The largest absolute Gasteiger partial charge is 0.416 e. The highest BCUT2D eigenvalue weighted by Gasteiger charge is 2.31. The SMILES string of the molecule is Cn1c(CC(=O)Nc2cccc(C(F)(F)F)c2)nnc1SCC(=O)Nc1cccc(C(F)(F)F)c1. The average molecular weight is 517 g/mol. The van der Waals surface area contributed by atoms with E-state index in [9.17, 15) is 35.9 Å². The van der Waals surface area contributed by atoms with Crippen LogP contribution in [0.25, 0.3) is 0 Å². The minimum atomic E-state index is -4.55. The van der Waals surface area contributed by atoms with E-state index < -0.39 is 35.3 Å². The second-order valence-electron chi connectivity index (χ2n) is 7.18. The summed E-state index contributed by atoms with van der Waals surface area (Å²) in [6.07, 6.45) is -9.39. The van der Waals surface area contributed by atoms with Crippen molar-refractivity contribution >= 4 is 35.0 Å². The zero-order chi connectivity index (χ0) is 25.8. The predicted molar refractivity (Wildman–Crippen MR) is 116 cm³/mol. The molecule has 0 spiro atoms. The topological polar surface area (TPSA) is 88.9 Å². The van der Waals surface area contributed by atoms with Crippen LogP contribution in [0.5, 0.6) is 0 Å². The molecule has 0 unspecified atom stereocenters. The Balaban J connectivity index is 1.55. The summed E-state index contributed by atoms with van der Waals surface area (Å²) in [6.45, 7) is 0. The van der Waals surface area contributed by atoms with Crippen LogP contribution >= 0.6 is 11.8 Å². The summed E-state index contributed by atoms with van der Waals surface area (Å²) in [7, 11) is 1.53. The van der Waals surface area contributed by atoms with Crippen LogP contribution in [0.4, 0.5) is 37.7 Å². The quantitative estimate of drug-likeness (QED) is 0.349. The standard InChI is InChI=1S/C21H17F6N5O2S/c1-32-16(10-17(33)28-14-6-2-4-12(8-14)20(22,23)24)30-31-19(32)35-11-18(34)29-15-7-3-5-13(9-15)21(25,26)27/h2-9H,10-11H2,1H3,(H,28,33)(H,29,34). The predicted octanol–water partition coefficient (Wildman–Crippen LogP) is 4.76. The van der Waals surface area contributed by atoms with Crippen LogP contribution in [0.15, 0.2) is 53.7 Å². The number of hydrogen-bond donors (Lipinski definition) is 2. The Morgan fingerprint density at radius 3 is 1.89 bits per heavy atom. The zero-order valence-corrected chi connectivity index (χ0v) is 18.7. The lowest BCUT2D eigenvalue weighted by atomic mass is 10.2. The number of alkyl halides is 6. The third-order valence-electron chi connectivity index (χ3n) is 4.52.